The van der Waals surface area contributed by atoms with Crippen LogP contribution in [0.1, 0.15) is 5.56 Å². The Hall–Kier alpha value is -1.85. The summed E-state index contributed by atoms with van der Waals surface area (Å²) in [6.07, 6.45) is 2.33. The molecule has 0 spiro atoms. The van der Waals surface area contributed by atoms with Crippen molar-refractivity contribution in [3.05, 3.63) is 57.5 Å². The van der Waals surface area contributed by atoms with E-state index in [0.29, 0.717) is 12.2 Å². The van der Waals surface area contributed by atoms with Crippen molar-refractivity contribution in [1.82, 2.24) is 9.78 Å². The van der Waals surface area contributed by atoms with Gasteiger partial charge in [-0.1, -0.05) is 41.9 Å². The molecule has 0 saturated carbocycles. The van der Waals surface area contributed by atoms with Crippen LogP contribution in [0.5, 0.6) is 0 Å². The first-order valence-corrected chi connectivity index (χ1v) is 6.74. The quantitative estimate of drug-likeness (QED) is 0.848. The van der Waals surface area contributed by atoms with Crippen LogP contribution < -0.4 is 10.9 Å². The third kappa shape index (κ3) is 3.59. The molecule has 1 aromatic heterocycles. The lowest BCUT2D eigenvalue weighted by atomic mass is 10.1. The highest BCUT2D eigenvalue weighted by Crippen LogP contribution is 2.15. The summed E-state index contributed by atoms with van der Waals surface area (Å²) in [6, 6.07) is 10.0. The summed E-state index contributed by atoms with van der Waals surface area (Å²) in [4.78, 5) is 11.8. The van der Waals surface area contributed by atoms with Gasteiger partial charge in [-0.05, 0) is 12.0 Å². The SMILES string of the molecule is O=c1c(Cl)c(NCCc2ccccc2)cnn1CCO. The minimum absolute atomic E-state index is 0.0986. The second kappa shape index (κ2) is 7.07. The molecule has 0 unspecified atom stereocenters. The van der Waals surface area contributed by atoms with Crippen molar-refractivity contribution in [3.63, 3.8) is 0 Å². The molecule has 0 fully saturated rings. The number of nitrogens with zero attached hydrogens (tertiary/aromatic N) is 2. The van der Waals surface area contributed by atoms with Crippen molar-refractivity contribution in [2.24, 2.45) is 0 Å². The summed E-state index contributed by atoms with van der Waals surface area (Å²) in [5.74, 6) is 0. The largest absolute Gasteiger partial charge is 0.394 e. The fraction of sp³-hybridized carbons (Fsp3) is 0.286. The maximum Gasteiger partial charge on any atom is 0.287 e. The Bertz CT molecular complexity index is 614. The molecular weight excluding hydrogens is 278 g/mol. The van der Waals surface area contributed by atoms with E-state index < -0.39 is 5.56 Å². The zero-order valence-electron chi connectivity index (χ0n) is 10.9. The molecule has 0 aliphatic heterocycles. The number of anilines is 1. The second-order valence-electron chi connectivity index (χ2n) is 4.29. The normalized spacial score (nSPS) is 10.5. The maximum absolute atomic E-state index is 11.8. The topological polar surface area (TPSA) is 67.2 Å². The maximum atomic E-state index is 11.8. The van der Waals surface area contributed by atoms with Gasteiger partial charge in [-0.2, -0.15) is 5.10 Å². The Morgan fingerprint density at radius 1 is 1.30 bits per heavy atom. The molecule has 1 aromatic carbocycles. The smallest absolute Gasteiger partial charge is 0.287 e. The molecule has 106 valence electrons. The monoisotopic (exact) mass is 293 g/mol. The van der Waals surface area contributed by atoms with Crippen LogP contribution in [0.25, 0.3) is 0 Å². The van der Waals surface area contributed by atoms with E-state index in [1.54, 1.807) is 0 Å². The summed E-state index contributed by atoms with van der Waals surface area (Å²) in [5, 5.41) is 16.0. The molecule has 2 rings (SSSR count). The van der Waals surface area contributed by atoms with Gasteiger partial charge in [0.1, 0.15) is 5.02 Å². The number of benzene rings is 1. The standard InChI is InChI=1S/C14H16ClN3O2/c15-13-12(10-17-18(8-9-19)14(13)20)16-7-6-11-4-2-1-3-5-11/h1-5,10,16,19H,6-9H2. The van der Waals surface area contributed by atoms with Gasteiger partial charge < -0.3 is 10.4 Å². The molecule has 0 aliphatic rings. The Morgan fingerprint density at radius 2 is 2.05 bits per heavy atom. The van der Waals surface area contributed by atoms with Crippen LogP contribution >= 0.6 is 11.6 Å². The lowest BCUT2D eigenvalue weighted by molar-refractivity contribution is 0.266. The van der Waals surface area contributed by atoms with E-state index in [-0.39, 0.29) is 18.2 Å². The predicted molar refractivity (Wildman–Crippen MR) is 79.2 cm³/mol. The summed E-state index contributed by atoms with van der Waals surface area (Å²) < 4.78 is 1.14. The van der Waals surface area contributed by atoms with E-state index in [1.807, 2.05) is 30.3 Å². The second-order valence-corrected chi connectivity index (χ2v) is 4.66. The first-order valence-electron chi connectivity index (χ1n) is 6.36. The van der Waals surface area contributed by atoms with Gasteiger partial charge in [0.2, 0.25) is 0 Å². The van der Waals surface area contributed by atoms with Crippen molar-refractivity contribution in [2.45, 2.75) is 13.0 Å². The van der Waals surface area contributed by atoms with Gasteiger partial charge in [-0.15, -0.1) is 0 Å². The number of aliphatic hydroxyl groups excluding tert-OH is 1. The van der Waals surface area contributed by atoms with Crippen LogP contribution in [-0.2, 0) is 13.0 Å². The fourth-order valence-electron chi connectivity index (χ4n) is 1.83. The molecule has 20 heavy (non-hydrogen) atoms. The minimum Gasteiger partial charge on any atom is -0.394 e. The fourth-order valence-corrected chi connectivity index (χ4v) is 2.04. The number of nitrogens with one attached hydrogen (secondary N) is 1. The first-order chi connectivity index (χ1) is 9.72. The van der Waals surface area contributed by atoms with Crippen molar-refractivity contribution in [2.75, 3.05) is 18.5 Å². The van der Waals surface area contributed by atoms with Crippen molar-refractivity contribution in [3.8, 4) is 0 Å². The number of hydrogen-bond acceptors (Lipinski definition) is 4. The van der Waals surface area contributed by atoms with Crippen LogP contribution in [0.4, 0.5) is 5.69 Å². The van der Waals surface area contributed by atoms with E-state index in [4.69, 9.17) is 16.7 Å². The highest BCUT2D eigenvalue weighted by molar-refractivity contribution is 6.32. The number of aliphatic hydroxyl groups is 1. The third-order valence-corrected chi connectivity index (χ3v) is 3.23. The van der Waals surface area contributed by atoms with Gasteiger partial charge in [0.05, 0.1) is 25.0 Å². The summed E-state index contributed by atoms with van der Waals surface area (Å²) >= 11 is 6.00. The van der Waals surface area contributed by atoms with E-state index >= 15 is 0 Å². The number of aromatic nitrogens is 2. The number of rotatable bonds is 6. The molecular formula is C14H16ClN3O2. The lowest BCUT2D eigenvalue weighted by Crippen LogP contribution is -2.25. The van der Waals surface area contributed by atoms with Crippen molar-refractivity contribution < 1.29 is 5.11 Å². The van der Waals surface area contributed by atoms with Gasteiger partial charge in [0.25, 0.3) is 5.56 Å². The molecule has 2 aromatic rings. The third-order valence-electron chi connectivity index (χ3n) is 2.87. The van der Waals surface area contributed by atoms with Crippen LogP contribution in [-0.4, -0.2) is 28.0 Å². The van der Waals surface area contributed by atoms with Crippen molar-refractivity contribution >= 4 is 17.3 Å². The minimum atomic E-state index is -0.398. The molecule has 2 N–H and O–H groups in total. The average molecular weight is 294 g/mol. The Labute approximate surface area is 121 Å². The molecule has 5 nitrogen and oxygen atoms in total. The van der Waals surface area contributed by atoms with E-state index in [0.717, 1.165) is 11.1 Å². The highest BCUT2D eigenvalue weighted by atomic mass is 35.5. The number of halogens is 1. The molecule has 0 amide bonds. The van der Waals surface area contributed by atoms with E-state index in [1.165, 1.54) is 11.8 Å². The van der Waals surface area contributed by atoms with Crippen LogP contribution in [0.3, 0.4) is 0 Å². The van der Waals surface area contributed by atoms with E-state index in [9.17, 15) is 4.79 Å². The Morgan fingerprint density at radius 3 is 2.75 bits per heavy atom. The molecule has 0 bridgehead atoms. The first kappa shape index (κ1) is 14.6. The van der Waals surface area contributed by atoms with Gasteiger partial charge in [0, 0.05) is 6.54 Å². The molecule has 0 atom stereocenters. The Kier molecular flexibility index (Phi) is 5.15. The lowest BCUT2D eigenvalue weighted by Gasteiger charge is -2.09. The van der Waals surface area contributed by atoms with Gasteiger partial charge in [0.15, 0.2) is 0 Å². The predicted octanol–water partition coefficient (Wildman–Crippen LogP) is 1.54. The van der Waals surface area contributed by atoms with Gasteiger partial charge in [-0.25, -0.2) is 4.68 Å². The highest BCUT2D eigenvalue weighted by Gasteiger charge is 2.08. The van der Waals surface area contributed by atoms with Gasteiger partial charge in [-0.3, -0.25) is 4.79 Å². The molecule has 0 radical (unpaired) electrons. The number of hydrogen-bond donors (Lipinski definition) is 2. The molecule has 0 saturated heterocycles. The van der Waals surface area contributed by atoms with Crippen LogP contribution in [0, 0.1) is 0 Å². The molecule has 6 heteroatoms. The zero-order valence-corrected chi connectivity index (χ0v) is 11.7. The summed E-state index contributed by atoms with van der Waals surface area (Å²) in [6.45, 7) is 0.654. The van der Waals surface area contributed by atoms with E-state index in [2.05, 4.69) is 10.4 Å². The van der Waals surface area contributed by atoms with Crippen LogP contribution in [0.15, 0.2) is 41.3 Å². The zero-order chi connectivity index (χ0) is 14.4. The average Bonchev–Trinajstić information content (AvgIpc) is 2.48. The molecule has 0 aliphatic carbocycles. The summed E-state index contributed by atoms with van der Waals surface area (Å²) in [5.41, 5.74) is 1.32. The van der Waals surface area contributed by atoms with Gasteiger partial charge >= 0.3 is 0 Å². The Balaban J connectivity index is 2.00. The van der Waals surface area contributed by atoms with Crippen molar-refractivity contribution in [1.29, 1.82) is 0 Å². The summed E-state index contributed by atoms with van der Waals surface area (Å²) in [7, 11) is 0. The van der Waals surface area contributed by atoms with Crippen LogP contribution in [0.2, 0.25) is 5.02 Å². The molecule has 1 heterocycles.